The molecule has 0 bridgehead atoms. The maximum absolute atomic E-state index is 7.53. The number of hydrogen-bond donors (Lipinski definition) is 4. The van der Waals surface area contributed by atoms with Crippen molar-refractivity contribution in [1.82, 2.24) is 15.0 Å². The molecule has 0 aliphatic heterocycles. The molecular formula is C19H24N6O. The number of H-pyrrole nitrogens is 1. The minimum absolute atomic E-state index is 0.497. The molecule has 3 rings (SSSR count). The van der Waals surface area contributed by atoms with E-state index in [4.69, 9.17) is 15.9 Å². The average Bonchev–Trinajstić information content (AvgIpc) is 3.01. The molecule has 2 aromatic heterocycles. The van der Waals surface area contributed by atoms with E-state index >= 15 is 0 Å². The van der Waals surface area contributed by atoms with Gasteiger partial charge in [-0.05, 0) is 24.5 Å². The van der Waals surface area contributed by atoms with Crippen LogP contribution < -0.4 is 15.8 Å². The van der Waals surface area contributed by atoms with Crippen LogP contribution in [-0.2, 0) is 12.8 Å². The van der Waals surface area contributed by atoms with Gasteiger partial charge in [-0.15, -0.1) is 0 Å². The average molecular weight is 352 g/mol. The summed E-state index contributed by atoms with van der Waals surface area (Å²) in [4.78, 5) is 12.3. The zero-order valence-corrected chi connectivity index (χ0v) is 15.3. The summed E-state index contributed by atoms with van der Waals surface area (Å²) in [5.41, 5.74) is 11.0. The number of methoxy groups -OCH3 is 1. The molecule has 2 heterocycles. The fourth-order valence-corrected chi connectivity index (χ4v) is 3.22. The molecule has 7 heteroatoms. The van der Waals surface area contributed by atoms with Crippen molar-refractivity contribution >= 4 is 34.4 Å². The lowest BCUT2D eigenvalue weighted by atomic mass is 10.1. The lowest BCUT2D eigenvalue weighted by Gasteiger charge is -2.14. The van der Waals surface area contributed by atoms with E-state index in [2.05, 4.69) is 34.1 Å². The number of nitrogens with two attached hydrogens (primary N) is 1. The van der Waals surface area contributed by atoms with Crippen LogP contribution in [0.3, 0.4) is 0 Å². The summed E-state index contributed by atoms with van der Waals surface area (Å²) in [5, 5.41) is 11.9. The Bertz CT molecular complexity index is 947. The van der Waals surface area contributed by atoms with Crippen molar-refractivity contribution < 1.29 is 4.74 Å². The molecule has 26 heavy (non-hydrogen) atoms. The Balaban J connectivity index is 2.13. The first-order valence-corrected chi connectivity index (χ1v) is 8.72. The van der Waals surface area contributed by atoms with Crippen LogP contribution in [0.4, 0.5) is 17.2 Å². The van der Waals surface area contributed by atoms with Gasteiger partial charge in [0.05, 0.1) is 18.2 Å². The first-order chi connectivity index (χ1) is 12.6. The summed E-state index contributed by atoms with van der Waals surface area (Å²) < 4.78 is 5.44. The summed E-state index contributed by atoms with van der Waals surface area (Å²) in [7, 11) is 1.59. The molecule has 0 atom stereocenters. The molecule has 0 fully saturated rings. The minimum Gasteiger partial charge on any atom is -0.494 e. The van der Waals surface area contributed by atoms with Gasteiger partial charge in [-0.1, -0.05) is 20.3 Å². The van der Waals surface area contributed by atoms with E-state index in [0.717, 1.165) is 30.3 Å². The number of nitrogen functional groups attached to an aromatic ring is 1. The SMILES string of the molecule is CCCc1[nH]c2ncnc(Nc3cc(C=N)c(N)cc3OC)c2c1CC. The molecule has 0 amide bonds. The Labute approximate surface area is 152 Å². The Morgan fingerprint density at radius 3 is 2.77 bits per heavy atom. The summed E-state index contributed by atoms with van der Waals surface area (Å²) in [6.45, 7) is 4.30. The van der Waals surface area contributed by atoms with E-state index in [1.807, 2.05) is 0 Å². The number of nitrogens with zero attached hydrogens (tertiary/aromatic N) is 2. The van der Waals surface area contributed by atoms with Crippen molar-refractivity contribution in [3.63, 3.8) is 0 Å². The van der Waals surface area contributed by atoms with Gasteiger partial charge in [0.1, 0.15) is 23.5 Å². The topological polar surface area (TPSA) is 113 Å². The molecule has 0 saturated carbocycles. The van der Waals surface area contributed by atoms with Crippen molar-refractivity contribution in [2.45, 2.75) is 33.1 Å². The molecule has 0 spiro atoms. The predicted molar refractivity (Wildman–Crippen MR) is 106 cm³/mol. The third-order valence-corrected chi connectivity index (χ3v) is 4.45. The molecule has 0 saturated heterocycles. The van der Waals surface area contributed by atoms with Crippen LogP contribution in [0, 0.1) is 5.41 Å². The van der Waals surface area contributed by atoms with Crippen LogP contribution in [0.5, 0.6) is 5.75 Å². The standard InChI is InChI=1S/C19H24N6O/c1-4-6-14-12(5-2)17-18(24-14)22-10-23-19(17)25-15-7-11(9-20)13(21)8-16(15)26-3/h7-10,20H,4-6,21H2,1-3H3,(H2,22,23,24,25). The van der Waals surface area contributed by atoms with E-state index in [1.54, 1.807) is 19.2 Å². The van der Waals surface area contributed by atoms with Gasteiger partial charge in [-0.2, -0.15) is 0 Å². The lowest BCUT2D eigenvalue weighted by molar-refractivity contribution is 0.417. The van der Waals surface area contributed by atoms with E-state index in [1.165, 1.54) is 23.8 Å². The van der Waals surface area contributed by atoms with E-state index in [9.17, 15) is 0 Å². The molecule has 136 valence electrons. The third kappa shape index (κ3) is 3.08. The second kappa shape index (κ2) is 7.43. The molecule has 0 unspecified atom stereocenters. The molecule has 0 aliphatic carbocycles. The number of ether oxygens (including phenoxy) is 1. The quantitative estimate of drug-likeness (QED) is 0.381. The first kappa shape index (κ1) is 17.7. The van der Waals surface area contributed by atoms with Gasteiger partial charge in [0, 0.05) is 29.2 Å². The predicted octanol–water partition coefficient (Wildman–Crippen LogP) is 3.80. The van der Waals surface area contributed by atoms with Crippen molar-refractivity contribution in [3.05, 3.63) is 35.3 Å². The molecule has 5 N–H and O–H groups in total. The fourth-order valence-electron chi connectivity index (χ4n) is 3.22. The van der Waals surface area contributed by atoms with Crippen LogP contribution in [0.2, 0.25) is 0 Å². The molecular weight excluding hydrogens is 328 g/mol. The highest BCUT2D eigenvalue weighted by Crippen LogP contribution is 2.35. The highest BCUT2D eigenvalue weighted by atomic mass is 16.5. The number of aromatic nitrogens is 3. The maximum atomic E-state index is 7.53. The second-order valence-corrected chi connectivity index (χ2v) is 6.08. The molecule has 0 radical (unpaired) electrons. The number of fused-ring (bicyclic) bond motifs is 1. The number of anilines is 3. The number of aryl methyl sites for hydroxylation is 2. The summed E-state index contributed by atoms with van der Waals surface area (Å²) >= 11 is 0. The number of benzene rings is 1. The Hall–Kier alpha value is -3.09. The van der Waals surface area contributed by atoms with Crippen molar-refractivity contribution in [2.75, 3.05) is 18.2 Å². The Kier molecular flexibility index (Phi) is 5.06. The second-order valence-electron chi connectivity index (χ2n) is 6.08. The van der Waals surface area contributed by atoms with Gasteiger partial charge in [-0.3, -0.25) is 0 Å². The van der Waals surface area contributed by atoms with Gasteiger partial charge in [0.25, 0.3) is 0 Å². The van der Waals surface area contributed by atoms with Gasteiger partial charge in [0.2, 0.25) is 0 Å². The maximum Gasteiger partial charge on any atom is 0.144 e. The monoisotopic (exact) mass is 352 g/mol. The Morgan fingerprint density at radius 1 is 1.31 bits per heavy atom. The van der Waals surface area contributed by atoms with Crippen LogP contribution in [0.25, 0.3) is 11.0 Å². The summed E-state index contributed by atoms with van der Waals surface area (Å²) in [6.07, 6.45) is 5.69. The van der Waals surface area contributed by atoms with Gasteiger partial charge in [-0.25, -0.2) is 9.97 Å². The molecule has 3 aromatic rings. The number of aromatic amines is 1. The fraction of sp³-hybridized carbons (Fsp3) is 0.316. The summed E-state index contributed by atoms with van der Waals surface area (Å²) in [6, 6.07) is 3.50. The molecule has 0 aliphatic rings. The third-order valence-electron chi connectivity index (χ3n) is 4.45. The van der Waals surface area contributed by atoms with E-state index in [0.29, 0.717) is 28.5 Å². The molecule has 7 nitrogen and oxygen atoms in total. The minimum atomic E-state index is 0.497. The normalized spacial score (nSPS) is 10.9. The number of rotatable bonds is 7. The van der Waals surface area contributed by atoms with E-state index < -0.39 is 0 Å². The summed E-state index contributed by atoms with van der Waals surface area (Å²) in [5.74, 6) is 1.31. The number of nitrogens with one attached hydrogen (secondary N) is 3. The van der Waals surface area contributed by atoms with Crippen molar-refractivity contribution in [3.8, 4) is 5.75 Å². The first-order valence-electron chi connectivity index (χ1n) is 8.72. The number of hydrogen-bond acceptors (Lipinski definition) is 6. The zero-order valence-electron chi connectivity index (χ0n) is 15.3. The molecule has 1 aromatic carbocycles. The van der Waals surface area contributed by atoms with Crippen LogP contribution >= 0.6 is 0 Å². The van der Waals surface area contributed by atoms with Crippen LogP contribution in [-0.4, -0.2) is 28.3 Å². The largest absolute Gasteiger partial charge is 0.494 e. The van der Waals surface area contributed by atoms with E-state index in [-0.39, 0.29) is 0 Å². The smallest absolute Gasteiger partial charge is 0.144 e. The zero-order chi connectivity index (χ0) is 18.7. The van der Waals surface area contributed by atoms with Gasteiger partial charge >= 0.3 is 0 Å². The van der Waals surface area contributed by atoms with Crippen molar-refractivity contribution in [2.24, 2.45) is 0 Å². The highest BCUT2D eigenvalue weighted by molar-refractivity contribution is 5.95. The Morgan fingerprint density at radius 2 is 2.12 bits per heavy atom. The highest BCUT2D eigenvalue weighted by Gasteiger charge is 2.17. The van der Waals surface area contributed by atoms with Crippen molar-refractivity contribution in [1.29, 1.82) is 5.41 Å². The van der Waals surface area contributed by atoms with Gasteiger partial charge < -0.3 is 26.2 Å². The lowest BCUT2D eigenvalue weighted by Crippen LogP contribution is -2.02. The van der Waals surface area contributed by atoms with Gasteiger partial charge in [0.15, 0.2) is 0 Å². The van der Waals surface area contributed by atoms with Crippen LogP contribution in [0.1, 0.15) is 37.1 Å². The van der Waals surface area contributed by atoms with Crippen LogP contribution in [0.15, 0.2) is 18.5 Å².